The Morgan fingerprint density at radius 2 is 1.03 bits per heavy atom. The smallest absolute Gasteiger partial charge is 0.330 e. The second-order valence-electron chi connectivity index (χ2n) is 9.98. The molecular weight excluding hydrogens is 510 g/mol. The van der Waals surface area contributed by atoms with Crippen LogP contribution in [0.2, 0.25) is 0 Å². The van der Waals surface area contributed by atoms with Crippen molar-refractivity contribution in [3.05, 3.63) is 10.4 Å². The molecule has 13 nitrogen and oxygen atoms in total. The Bertz CT molecular complexity index is 837. The fourth-order valence-electron chi connectivity index (χ4n) is 4.55. The van der Waals surface area contributed by atoms with Crippen LogP contribution < -0.4 is 0 Å². The van der Waals surface area contributed by atoms with Crippen molar-refractivity contribution in [3.8, 4) is 0 Å². The molecule has 0 N–H and O–H groups in total. The summed E-state index contributed by atoms with van der Waals surface area (Å²) in [5.41, 5.74) is 8.68. The normalized spacial score (nSPS) is 15.3. The van der Waals surface area contributed by atoms with E-state index in [1.165, 1.54) is 0 Å². The quantitative estimate of drug-likeness (QED) is 0.0696. The lowest BCUT2D eigenvalue weighted by atomic mass is 9.94. The van der Waals surface area contributed by atoms with Gasteiger partial charge in [-0.05, 0) is 24.3 Å². The lowest BCUT2D eigenvalue weighted by Crippen LogP contribution is -2.31. The van der Waals surface area contributed by atoms with Gasteiger partial charge in [0.2, 0.25) is 0 Å². The Labute approximate surface area is 228 Å². The zero-order valence-corrected chi connectivity index (χ0v) is 22.5. The number of hydroxylamine groups is 4. The monoisotopic (exact) mass is 549 g/mol. The Morgan fingerprint density at radius 3 is 1.41 bits per heavy atom. The second kappa shape index (κ2) is 17.9. The van der Waals surface area contributed by atoms with Crippen molar-refractivity contribution in [1.82, 2.24) is 10.1 Å². The summed E-state index contributed by atoms with van der Waals surface area (Å²) in [6.45, 7) is 0.468. The fraction of sp³-hybridized carbons (Fsp3) is 0.769. The summed E-state index contributed by atoms with van der Waals surface area (Å²) in [5, 5.41) is 4.90. The van der Waals surface area contributed by atoms with Gasteiger partial charge in [-0.15, -0.1) is 10.1 Å². The third-order valence-electron chi connectivity index (χ3n) is 6.79. The zero-order chi connectivity index (χ0) is 28.5. The van der Waals surface area contributed by atoms with Crippen molar-refractivity contribution in [1.29, 1.82) is 0 Å². The molecule has 2 rings (SSSR count). The lowest BCUT2D eigenvalue weighted by molar-refractivity contribution is -0.197. The standard InChI is InChI=1S/C26H39N5O8/c27-29-28-19-20(11-7-3-1-5-9-13-25(36)38-30-21(32)15-16-22(30)33)12-8-4-2-6-10-14-26(37)39-31-23(34)17-18-24(31)35/h20H,1-19H2. The van der Waals surface area contributed by atoms with Gasteiger partial charge in [0.25, 0.3) is 23.6 Å². The summed E-state index contributed by atoms with van der Waals surface area (Å²) in [5.74, 6) is -2.71. The molecule has 0 aromatic heterocycles. The Balaban J connectivity index is 1.47. The first-order valence-electron chi connectivity index (χ1n) is 14.0. The summed E-state index contributed by atoms with van der Waals surface area (Å²) >= 11 is 0. The molecule has 0 atom stereocenters. The molecule has 0 saturated carbocycles. The van der Waals surface area contributed by atoms with Crippen molar-refractivity contribution in [2.45, 2.75) is 116 Å². The van der Waals surface area contributed by atoms with Gasteiger partial charge in [-0.2, -0.15) is 0 Å². The highest BCUT2D eigenvalue weighted by Crippen LogP contribution is 2.20. The molecule has 0 radical (unpaired) electrons. The summed E-state index contributed by atoms with van der Waals surface area (Å²) < 4.78 is 0. The number of carbonyl (C=O) groups is 6. The first-order chi connectivity index (χ1) is 18.8. The molecule has 2 fully saturated rings. The summed E-state index contributed by atoms with van der Waals surface area (Å²) in [7, 11) is 0. The van der Waals surface area contributed by atoms with E-state index in [1.807, 2.05) is 0 Å². The topological polar surface area (TPSA) is 176 Å². The Kier molecular flexibility index (Phi) is 14.6. The first-order valence-corrected chi connectivity index (χ1v) is 14.0. The molecule has 2 saturated heterocycles. The van der Waals surface area contributed by atoms with Crippen LogP contribution in [0.25, 0.3) is 10.4 Å². The zero-order valence-electron chi connectivity index (χ0n) is 22.5. The third-order valence-corrected chi connectivity index (χ3v) is 6.79. The van der Waals surface area contributed by atoms with Crippen LogP contribution >= 0.6 is 0 Å². The fourth-order valence-corrected chi connectivity index (χ4v) is 4.55. The molecule has 0 aromatic carbocycles. The molecule has 39 heavy (non-hydrogen) atoms. The van der Waals surface area contributed by atoms with Crippen molar-refractivity contribution in [2.75, 3.05) is 6.54 Å². The van der Waals surface area contributed by atoms with Crippen molar-refractivity contribution in [3.63, 3.8) is 0 Å². The number of nitrogens with zero attached hydrogens (tertiary/aromatic N) is 5. The number of azide groups is 1. The van der Waals surface area contributed by atoms with Crippen LogP contribution in [0.15, 0.2) is 5.11 Å². The van der Waals surface area contributed by atoms with Gasteiger partial charge >= 0.3 is 11.9 Å². The number of carbonyl (C=O) groups excluding carboxylic acids is 6. The average molecular weight is 550 g/mol. The van der Waals surface area contributed by atoms with E-state index in [2.05, 4.69) is 10.0 Å². The van der Waals surface area contributed by atoms with E-state index in [-0.39, 0.29) is 38.5 Å². The van der Waals surface area contributed by atoms with E-state index < -0.39 is 35.6 Å². The second-order valence-corrected chi connectivity index (χ2v) is 9.98. The number of hydrogen-bond acceptors (Lipinski definition) is 9. The average Bonchev–Trinajstić information content (AvgIpc) is 3.40. The predicted molar refractivity (Wildman–Crippen MR) is 136 cm³/mol. The lowest BCUT2D eigenvalue weighted by Gasteiger charge is -2.14. The highest BCUT2D eigenvalue weighted by atomic mass is 16.7. The molecule has 216 valence electrons. The largest absolute Gasteiger partial charge is 0.333 e. The van der Waals surface area contributed by atoms with Gasteiger partial charge in [-0.1, -0.05) is 69.3 Å². The minimum absolute atomic E-state index is 0.0828. The van der Waals surface area contributed by atoms with Crippen LogP contribution in [0, 0.1) is 5.92 Å². The van der Waals surface area contributed by atoms with Crippen LogP contribution in [0.5, 0.6) is 0 Å². The molecule has 0 spiro atoms. The van der Waals surface area contributed by atoms with E-state index in [9.17, 15) is 28.8 Å². The molecule has 0 aromatic rings. The van der Waals surface area contributed by atoms with Gasteiger partial charge < -0.3 is 9.68 Å². The van der Waals surface area contributed by atoms with Gasteiger partial charge in [0.1, 0.15) is 0 Å². The van der Waals surface area contributed by atoms with E-state index in [1.54, 1.807) is 0 Å². The van der Waals surface area contributed by atoms with Gasteiger partial charge in [0.05, 0.1) is 0 Å². The number of unbranched alkanes of at least 4 members (excludes halogenated alkanes) is 8. The van der Waals surface area contributed by atoms with Gasteiger partial charge in [-0.3, -0.25) is 19.2 Å². The van der Waals surface area contributed by atoms with Gasteiger partial charge in [0, 0.05) is 50.0 Å². The van der Waals surface area contributed by atoms with Gasteiger partial charge in [-0.25, -0.2) is 9.59 Å². The number of imide groups is 2. The maximum atomic E-state index is 11.8. The Hall–Kier alpha value is -3.47. The first kappa shape index (κ1) is 31.7. The minimum Gasteiger partial charge on any atom is -0.330 e. The van der Waals surface area contributed by atoms with Crippen molar-refractivity contribution >= 4 is 35.6 Å². The summed E-state index contributed by atoms with van der Waals surface area (Å²) in [4.78, 5) is 82.1. The van der Waals surface area contributed by atoms with E-state index in [0.717, 1.165) is 64.2 Å². The van der Waals surface area contributed by atoms with Crippen LogP contribution in [-0.4, -0.2) is 52.2 Å². The maximum absolute atomic E-state index is 11.8. The third kappa shape index (κ3) is 12.3. The van der Waals surface area contributed by atoms with Crippen LogP contribution in [-0.2, 0) is 38.4 Å². The molecular formula is C26H39N5O8. The molecule has 0 aliphatic carbocycles. The van der Waals surface area contributed by atoms with Gasteiger partial charge in [0.15, 0.2) is 0 Å². The molecule has 2 aliphatic rings. The molecule has 0 unspecified atom stereocenters. The highest BCUT2D eigenvalue weighted by Gasteiger charge is 2.33. The number of rotatable bonds is 20. The van der Waals surface area contributed by atoms with Crippen molar-refractivity contribution < 1.29 is 38.4 Å². The van der Waals surface area contributed by atoms with E-state index in [4.69, 9.17) is 15.2 Å². The molecule has 0 bridgehead atoms. The summed E-state index contributed by atoms with van der Waals surface area (Å²) in [6.07, 6.45) is 11.4. The van der Waals surface area contributed by atoms with Crippen LogP contribution in [0.4, 0.5) is 0 Å². The summed E-state index contributed by atoms with van der Waals surface area (Å²) in [6, 6.07) is 0. The van der Waals surface area contributed by atoms with E-state index in [0.29, 0.717) is 35.4 Å². The molecule has 2 aliphatic heterocycles. The predicted octanol–water partition coefficient (Wildman–Crippen LogP) is 4.59. The molecule has 13 heteroatoms. The van der Waals surface area contributed by atoms with Crippen molar-refractivity contribution in [2.24, 2.45) is 11.0 Å². The SMILES string of the molecule is [N-]=[N+]=NCC(CCCCCCCC(=O)ON1C(=O)CCC1=O)CCCCCCCC(=O)ON1C(=O)CCC1=O. The van der Waals surface area contributed by atoms with E-state index >= 15 is 0 Å². The Morgan fingerprint density at radius 1 is 0.667 bits per heavy atom. The van der Waals surface area contributed by atoms with Crippen LogP contribution in [0.1, 0.15) is 116 Å². The molecule has 4 amide bonds. The maximum Gasteiger partial charge on any atom is 0.333 e. The minimum atomic E-state index is -0.567. The van der Waals surface area contributed by atoms with Crippen LogP contribution in [0.3, 0.4) is 0 Å². The number of hydrogen-bond donors (Lipinski definition) is 0. The highest BCUT2D eigenvalue weighted by molar-refractivity contribution is 6.02. The molecule has 2 heterocycles. The number of amides is 4.